The molecule has 0 unspecified atom stereocenters. The summed E-state index contributed by atoms with van der Waals surface area (Å²) < 4.78 is 0. The van der Waals surface area contributed by atoms with Crippen LogP contribution in [0.2, 0.25) is 0 Å². The summed E-state index contributed by atoms with van der Waals surface area (Å²) in [6, 6.07) is 7.27. The van der Waals surface area contributed by atoms with Gasteiger partial charge in [0.1, 0.15) is 11.4 Å². The van der Waals surface area contributed by atoms with Crippen molar-refractivity contribution in [3.05, 3.63) is 67.8 Å². The van der Waals surface area contributed by atoms with E-state index in [4.69, 9.17) is 0 Å². The van der Waals surface area contributed by atoms with Gasteiger partial charge < -0.3 is 15.3 Å². The third-order valence-corrected chi connectivity index (χ3v) is 6.99. The van der Waals surface area contributed by atoms with E-state index in [1.165, 1.54) is 15.3 Å². The van der Waals surface area contributed by atoms with Crippen LogP contribution in [0.5, 0.6) is 0 Å². The van der Waals surface area contributed by atoms with Crippen LogP contribution in [0, 0.1) is 6.92 Å². The standard InChI is InChI=1S/C24H23N5O3S/c1-4-29-23(31)14-10-17-18(11-15(14)24(29)32)28-21(27-17)20-16(5-7-25-22(20)30)26-13(3)9-19-12(2)6-8-33-19/h5-8,10-11,13H,4,9H2,1-3H3,(H,27,28)(H2,25,26,30)/t13-/m0/s1. The van der Waals surface area contributed by atoms with E-state index in [0.29, 0.717) is 45.8 Å². The molecule has 0 aliphatic carbocycles. The fourth-order valence-electron chi connectivity index (χ4n) is 4.24. The van der Waals surface area contributed by atoms with E-state index in [1.54, 1.807) is 36.6 Å². The van der Waals surface area contributed by atoms with Crippen LogP contribution in [-0.4, -0.2) is 44.3 Å². The van der Waals surface area contributed by atoms with E-state index in [1.807, 2.05) is 6.07 Å². The molecule has 0 radical (unpaired) electrons. The van der Waals surface area contributed by atoms with Crippen LogP contribution in [-0.2, 0) is 6.42 Å². The van der Waals surface area contributed by atoms with Gasteiger partial charge in [0.25, 0.3) is 17.4 Å². The minimum atomic E-state index is -0.318. The number of amides is 2. The summed E-state index contributed by atoms with van der Waals surface area (Å²) in [6.07, 6.45) is 2.44. The van der Waals surface area contributed by atoms with E-state index < -0.39 is 0 Å². The van der Waals surface area contributed by atoms with Gasteiger partial charge in [0.15, 0.2) is 0 Å². The summed E-state index contributed by atoms with van der Waals surface area (Å²) in [5.41, 5.74) is 3.84. The maximum atomic E-state index is 12.8. The van der Waals surface area contributed by atoms with Gasteiger partial charge in [-0.1, -0.05) is 0 Å². The van der Waals surface area contributed by atoms with Gasteiger partial charge in [-0.2, -0.15) is 0 Å². The number of carbonyl (C=O) groups excluding carboxylic acids is 2. The quantitative estimate of drug-likeness (QED) is 0.377. The topological polar surface area (TPSA) is 111 Å². The van der Waals surface area contributed by atoms with Crippen molar-refractivity contribution in [3.8, 4) is 11.4 Å². The first-order valence-corrected chi connectivity index (χ1v) is 11.7. The minimum absolute atomic E-state index is 0.0892. The molecule has 3 aromatic heterocycles. The number of anilines is 1. The zero-order valence-corrected chi connectivity index (χ0v) is 19.3. The molecule has 4 aromatic rings. The van der Waals surface area contributed by atoms with Crippen molar-refractivity contribution in [2.75, 3.05) is 11.9 Å². The number of pyridine rings is 1. The number of nitrogens with one attached hydrogen (secondary N) is 3. The molecular formula is C24H23N5O3S. The highest BCUT2D eigenvalue weighted by Gasteiger charge is 2.35. The predicted molar refractivity (Wildman–Crippen MR) is 129 cm³/mol. The SMILES string of the molecule is CCN1C(=O)c2cc3nc(-c4c(N[C@@H](C)Cc5sccc5C)cc[nH]c4=O)[nH]c3cc2C1=O. The number of rotatable bonds is 6. The average Bonchev–Trinajstić information content (AvgIpc) is 3.43. The number of aromatic amines is 2. The average molecular weight is 462 g/mol. The van der Waals surface area contributed by atoms with Crippen LogP contribution in [0.4, 0.5) is 5.69 Å². The Bertz CT molecular complexity index is 1410. The summed E-state index contributed by atoms with van der Waals surface area (Å²) in [7, 11) is 0. The first kappa shape index (κ1) is 21.1. The molecular weight excluding hydrogens is 438 g/mol. The summed E-state index contributed by atoms with van der Waals surface area (Å²) in [5, 5.41) is 5.52. The Morgan fingerprint density at radius 1 is 1.15 bits per heavy atom. The summed E-state index contributed by atoms with van der Waals surface area (Å²) in [5.74, 6) is -0.250. The van der Waals surface area contributed by atoms with E-state index >= 15 is 0 Å². The molecule has 1 atom stereocenters. The molecule has 9 heteroatoms. The van der Waals surface area contributed by atoms with Crippen molar-refractivity contribution in [3.63, 3.8) is 0 Å². The van der Waals surface area contributed by atoms with Crippen LogP contribution in [0.3, 0.4) is 0 Å². The highest BCUT2D eigenvalue weighted by molar-refractivity contribution is 7.10. The molecule has 1 aliphatic rings. The Kier molecular flexibility index (Phi) is 5.13. The molecule has 1 aliphatic heterocycles. The molecule has 2 amide bonds. The zero-order chi connectivity index (χ0) is 23.3. The molecule has 4 heterocycles. The lowest BCUT2D eigenvalue weighted by Crippen LogP contribution is -2.29. The monoisotopic (exact) mass is 461 g/mol. The molecule has 3 N–H and O–H groups in total. The number of fused-ring (bicyclic) bond motifs is 2. The Morgan fingerprint density at radius 2 is 1.91 bits per heavy atom. The van der Waals surface area contributed by atoms with Gasteiger partial charge >= 0.3 is 0 Å². The van der Waals surface area contributed by atoms with Crippen molar-refractivity contribution in [2.45, 2.75) is 33.2 Å². The number of carbonyl (C=O) groups is 2. The Balaban J connectivity index is 1.52. The van der Waals surface area contributed by atoms with E-state index in [0.717, 1.165) is 6.42 Å². The Labute approximate surface area is 193 Å². The lowest BCUT2D eigenvalue weighted by molar-refractivity contribution is 0.0663. The van der Waals surface area contributed by atoms with Gasteiger partial charge in [0.2, 0.25) is 0 Å². The fraction of sp³-hybridized carbons (Fsp3) is 0.250. The van der Waals surface area contributed by atoms with Gasteiger partial charge in [-0.3, -0.25) is 19.3 Å². The molecule has 0 fully saturated rings. The maximum absolute atomic E-state index is 12.8. The smallest absolute Gasteiger partial charge is 0.261 e. The van der Waals surface area contributed by atoms with Crippen molar-refractivity contribution in [1.29, 1.82) is 0 Å². The molecule has 8 nitrogen and oxygen atoms in total. The first-order valence-electron chi connectivity index (χ1n) is 10.8. The van der Waals surface area contributed by atoms with E-state index in [-0.39, 0.29) is 23.4 Å². The molecule has 33 heavy (non-hydrogen) atoms. The first-order chi connectivity index (χ1) is 15.9. The van der Waals surface area contributed by atoms with Gasteiger partial charge in [-0.15, -0.1) is 11.3 Å². The number of aromatic nitrogens is 3. The minimum Gasteiger partial charge on any atom is -0.381 e. The normalized spacial score (nSPS) is 14.2. The number of benzene rings is 1. The number of imide groups is 1. The number of H-pyrrole nitrogens is 2. The van der Waals surface area contributed by atoms with Crippen LogP contribution < -0.4 is 10.9 Å². The van der Waals surface area contributed by atoms with Crippen molar-refractivity contribution < 1.29 is 9.59 Å². The van der Waals surface area contributed by atoms with Crippen molar-refractivity contribution in [2.24, 2.45) is 0 Å². The van der Waals surface area contributed by atoms with Gasteiger partial charge in [-0.05, 0) is 56.0 Å². The highest BCUT2D eigenvalue weighted by Crippen LogP contribution is 2.30. The largest absolute Gasteiger partial charge is 0.381 e. The van der Waals surface area contributed by atoms with Crippen LogP contribution >= 0.6 is 11.3 Å². The lowest BCUT2D eigenvalue weighted by atomic mass is 10.1. The zero-order valence-electron chi connectivity index (χ0n) is 18.5. The summed E-state index contributed by atoms with van der Waals surface area (Å²) in [4.78, 5) is 50.9. The number of thiophene rings is 1. The maximum Gasteiger partial charge on any atom is 0.261 e. The third kappa shape index (κ3) is 3.54. The number of aryl methyl sites for hydroxylation is 1. The fourth-order valence-corrected chi connectivity index (χ4v) is 5.28. The molecule has 1 aromatic carbocycles. The van der Waals surface area contributed by atoms with Crippen LogP contribution in [0.25, 0.3) is 22.4 Å². The molecule has 0 saturated carbocycles. The molecule has 0 spiro atoms. The second kappa shape index (κ2) is 8.00. The number of imidazole rings is 1. The Hall–Kier alpha value is -3.72. The number of hydrogen-bond donors (Lipinski definition) is 3. The lowest BCUT2D eigenvalue weighted by Gasteiger charge is -2.17. The summed E-state index contributed by atoms with van der Waals surface area (Å²) in [6.45, 7) is 6.25. The number of hydrogen-bond acceptors (Lipinski definition) is 6. The molecule has 168 valence electrons. The second-order valence-corrected chi connectivity index (χ2v) is 9.23. The summed E-state index contributed by atoms with van der Waals surface area (Å²) >= 11 is 1.72. The third-order valence-electron chi connectivity index (χ3n) is 5.95. The van der Waals surface area contributed by atoms with Gasteiger partial charge in [-0.25, -0.2) is 4.98 Å². The van der Waals surface area contributed by atoms with Crippen LogP contribution in [0.15, 0.2) is 40.6 Å². The van der Waals surface area contributed by atoms with Crippen molar-refractivity contribution in [1.82, 2.24) is 19.9 Å². The highest BCUT2D eigenvalue weighted by atomic mass is 32.1. The second-order valence-electron chi connectivity index (χ2n) is 8.23. The van der Waals surface area contributed by atoms with E-state index in [9.17, 15) is 14.4 Å². The van der Waals surface area contributed by atoms with Crippen molar-refractivity contribution >= 4 is 39.9 Å². The molecule has 5 rings (SSSR count). The predicted octanol–water partition coefficient (Wildman–Crippen LogP) is 3.95. The Morgan fingerprint density at radius 3 is 2.61 bits per heavy atom. The van der Waals surface area contributed by atoms with E-state index in [2.05, 4.69) is 45.6 Å². The van der Waals surface area contributed by atoms with Gasteiger partial charge in [0.05, 0.1) is 27.8 Å². The number of nitrogens with zero attached hydrogens (tertiary/aromatic N) is 2. The molecule has 0 saturated heterocycles. The van der Waals surface area contributed by atoms with Crippen LogP contribution in [0.1, 0.15) is 45.0 Å². The van der Waals surface area contributed by atoms with Gasteiger partial charge in [0, 0.05) is 30.1 Å². The molecule has 0 bridgehead atoms.